The topological polar surface area (TPSA) is 61.6 Å². The van der Waals surface area contributed by atoms with Crippen molar-refractivity contribution in [3.63, 3.8) is 0 Å². The molecule has 21 heavy (non-hydrogen) atoms. The van der Waals surface area contributed by atoms with Crippen LogP contribution < -0.4 is 5.32 Å². The molecule has 0 aliphatic rings. The maximum absolute atomic E-state index is 9.34. The van der Waals surface area contributed by atoms with Crippen molar-refractivity contribution in [3.8, 4) is 6.07 Å². The molecule has 0 saturated carbocycles. The molecule has 2 aromatic heterocycles. The van der Waals surface area contributed by atoms with Crippen molar-refractivity contribution in [3.05, 3.63) is 59.5 Å². The van der Waals surface area contributed by atoms with Gasteiger partial charge in [0.2, 0.25) is 0 Å². The first-order valence-electron chi connectivity index (χ1n) is 6.67. The second-order valence-electron chi connectivity index (χ2n) is 4.94. The van der Waals surface area contributed by atoms with Crippen molar-refractivity contribution in [2.24, 2.45) is 0 Å². The number of nitriles is 1. The van der Waals surface area contributed by atoms with Gasteiger partial charge < -0.3 is 5.32 Å². The third-order valence-electron chi connectivity index (χ3n) is 3.39. The SMILES string of the molecule is Cc1cc(C)c(C#N)c(Nc2cccc3ccncc23)n1. The number of nitrogens with zero attached hydrogens (tertiary/aromatic N) is 3. The van der Waals surface area contributed by atoms with Crippen LogP contribution in [0.1, 0.15) is 16.8 Å². The average Bonchev–Trinajstić information content (AvgIpc) is 2.47. The zero-order valence-electron chi connectivity index (χ0n) is 11.9. The molecule has 3 aromatic rings. The van der Waals surface area contributed by atoms with E-state index in [-0.39, 0.29) is 0 Å². The smallest absolute Gasteiger partial charge is 0.148 e. The lowest BCUT2D eigenvalue weighted by molar-refractivity contribution is 1.16. The highest BCUT2D eigenvalue weighted by atomic mass is 15.0. The second-order valence-corrected chi connectivity index (χ2v) is 4.94. The number of nitrogens with one attached hydrogen (secondary N) is 1. The van der Waals surface area contributed by atoms with Crippen LogP contribution in [0.2, 0.25) is 0 Å². The van der Waals surface area contributed by atoms with Crippen LogP contribution in [-0.4, -0.2) is 9.97 Å². The molecule has 102 valence electrons. The monoisotopic (exact) mass is 274 g/mol. The van der Waals surface area contributed by atoms with Crippen LogP contribution in [0.15, 0.2) is 42.7 Å². The fraction of sp³-hybridized carbons (Fsp3) is 0.118. The number of hydrogen-bond donors (Lipinski definition) is 1. The predicted octanol–water partition coefficient (Wildman–Crippen LogP) is 3.86. The number of rotatable bonds is 2. The van der Waals surface area contributed by atoms with Crippen LogP contribution in [0.3, 0.4) is 0 Å². The van der Waals surface area contributed by atoms with E-state index in [1.165, 1.54) is 0 Å². The van der Waals surface area contributed by atoms with E-state index in [2.05, 4.69) is 21.4 Å². The summed E-state index contributed by atoms with van der Waals surface area (Å²) in [5, 5.41) is 14.7. The minimum absolute atomic E-state index is 0.571. The molecule has 0 amide bonds. The minimum atomic E-state index is 0.571. The van der Waals surface area contributed by atoms with E-state index in [1.54, 1.807) is 6.20 Å². The van der Waals surface area contributed by atoms with Gasteiger partial charge in [-0.3, -0.25) is 4.98 Å². The van der Waals surface area contributed by atoms with Gasteiger partial charge in [-0.1, -0.05) is 12.1 Å². The molecule has 4 nitrogen and oxygen atoms in total. The summed E-state index contributed by atoms with van der Waals surface area (Å²) in [5.41, 5.74) is 3.27. The van der Waals surface area contributed by atoms with E-state index < -0.39 is 0 Å². The molecule has 0 spiro atoms. The number of benzene rings is 1. The molecule has 1 N–H and O–H groups in total. The third-order valence-corrected chi connectivity index (χ3v) is 3.39. The quantitative estimate of drug-likeness (QED) is 0.770. The summed E-state index contributed by atoms with van der Waals surface area (Å²) in [6.07, 6.45) is 3.58. The molecule has 2 heterocycles. The van der Waals surface area contributed by atoms with Gasteiger partial charge in [-0.15, -0.1) is 0 Å². The first-order chi connectivity index (χ1) is 10.2. The van der Waals surface area contributed by atoms with Gasteiger partial charge >= 0.3 is 0 Å². The number of pyridine rings is 2. The number of aromatic nitrogens is 2. The summed E-state index contributed by atoms with van der Waals surface area (Å²) in [4.78, 5) is 8.62. The number of fused-ring (bicyclic) bond motifs is 1. The normalized spacial score (nSPS) is 10.3. The van der Waals surface area contributed by atoms with Gasteiger partial charge in [0.1, 0.15) is 11.9 Å². The molecule has 3 rings (SSSR count). The molecule has 0 aliphatic heterocycles. The Balaban J connectivity index is 2.14. The molecule has 0 saturated heterocycles. The molecule has 0 radical (unpaired) electrons. The van der Waals surface area contributed by atoms with Gasteiger partial charge in [0.15, 0.2) is 0 Å². The zero-order chi connectivity index (χ0) is 14.8. The van der Waals surface area contributed by atoms with Crippen LogP contribution in [0.4, 0.5) is 11.5 Å². The summed E-state index contributed by atoms with van der Waals surface area (Å²) >= 11 is 0. The Bertz CT molecular complexity index is 857. The summed E-state index contributed by atoms with van der Waals surface area (Å²) in [6.45, 7) is 3.84. The summed E-state index contributed by atoms with van der Waals surface area (Å²) in [6, 6.07) is 12.1. The number of anilines is 2. The van der Waals surface area contributed by atoms with Crippen LogP contribution in [-0.2, 0) is 0 Å². The van der Waals surface area contributed by atoms with Gasteiger partial charge in [0.25, 0.3) is 0 Å². The fourth-order valence-electron chi connectivity index (χ4n) is 2.42. The predicted molar refractivity (Wildman–Crippen MR) is 83.5 cm³/mol. The maximum atomic E-state index is 9.34. The van der Waals surface area contributed by atoms with Gasteiger partial charge in [0.05, 0.1) is 5.56 Å². The lowest BCUT2D eigenvalue weighted by Gasteiger charge is -2.12. The minimum Gasteiger partial charge on any atom is -0.339 e. The second kappa shape index (κ2) is 5.22. The van der Waals surface area contributed by atoms with Crippen LogP contribution in [0.25, 0.3) is 10.8 Å². The molecular formula is C17H14N4. The standard InChI is InChI=1S/C17H14N4/c1-11-8-12(2)20-17(14(11)9-18)21-16-5-3-4-13-6-7-19-10-15(13)16/h3-8,10H,1-2H3,(H,20,21). The summed E-state index contributed by atoms with van der Waals surface area (Å²) in [5.74, 6) is 0.589. The molecule has 0 atom stereocenters. The fourth-order valence-corrected chi connectivity index (χ4v) is 2.42. The molecule has 0 fully saturated rings. The highest BCUT2D eigenvalue weighted by Gasteiger charge is 2.10. The molecule has 1 aromatic carbocycles. The maximum Gasteiger partial charge on any atom is 0.148 e. The molecule has 0 aliphatic carbocycles. The summed E-state index contributed by atoms with van der Waals surface area (Å²) in [7, 11) is 0. The Morgan fingerprint density at radius 2 is 2.05 bits per heavy atom. The third kappa shape index (κ3) is 2.41. The van der Waals surface area contributed by atoms with Gasteiger partial charge in [-0.2, -0.15) is 5.26 Å². The van der Waals surface area contributed by atoms with Gasteiger partial charge in [-0.05, 0) is 43.0 Å². The lowest BCUT2D eigenvalue weighted by atomic mass is 10.1. The Hall–Kier alpha value is -2.93. The van der Waals surface area contributed by atoms with Crippen LogP contribution >= 0.6 is 0 Å². The van der Waals surface area contributed by atoms with E-state index in [0.717, 1.165) is 27.7 Å². The van der Waals surface area contributed by atoms with E-state index >= 15 is 0 Å². The number of aryl methyl sites for hydroxylation is 2. The van der Waals surface area contributed by atoms with E-state index in [4.69, 9.17) is 0 Å². The van der Waals surface area contributed by atoms with Gasteiger partial charge in [-0.25, -0.2) is 4.98 Å². The van der Waals surface area contributed by atoms with E-state index in [0.29, 0.717) is 11.4 Å². The molecular weight excluding hydrogens is 260 g/mol. The summed E-state index contributed by atoms with van der Waals surface area (Å²) < 4.78 is 0. The van der Waals surface area contributed by atoms with Crippen molar-refractivity contribution in [2.45, 2.75) is 13.8 Å². The highest BCUT2D eigenvalue weighted by molar-refractivity contribution is 5.94. The molecule has 0 unspecified atom stereocenters. The van der Waals surface area contributed by atoms with Crippen molar-refractivity contribution in [1.82, 2.24) is 9.97 Å². The molecule has 4 heteroatoms. The van der Waals surface area contributed by atoms with E-state index in [1.807, 2.05) is 50.4 Å². The Kier molecular flexibility index (Phi) is 3.25. The Morgan fingerprint density at radius 1 is 1.19 bits per heavy atom. The first-order valence-corrected chi connectivity index (χ1v) is 6.67. The van der Waals surface area contributed by atoms with Crippen molar-refractivity contribution >= 4 is 22.3 Å². The lowest BCUT2D eigenvalue weighted by Crippen LogP contribution is -2.01. The van der Waals surface area contributed by atoms with Crippen molar-refractivity contribution < 1.29 is 0 Å². The average molecular weight is 274 g/mol. The van der Waals surface area contributed by atoms with E-state index in [9.17, 15) is 5.26 Å². The van der Waals surface area contributed by atoms with Crippen LogP contribution in [0, 0.1) is 25.2 Å². The largest absolute Gasteiger partial charge is 0.339 e. The molecule has 0 bridgehead atoms. The van der Waals surface area contributed by atoms with Gasteiger partial charge in [0, 0.05) is 29.2 Å². The Morgan fingerprint density at radius 3 is 2.86 bits per heavy atom. The highest BCUT2D eigenvalue weighted by Crippen LogP contribution is 2.27. The Labute approximate surface area is 123 Å². The number of hydrogen-bond acceptors (Lipinski definition) is 4. The van der Waals surface area contributed by atoms with Crippen molar-refractivity contribution in [2.75, 3.05) is 5.32 Å². The first kappa shape index (κ1) is 13.1. The van der Waals surface area contributed by atoms with Crippen LogP contribution in [0.5, 0.6) is 0 Å². The van der Waals surface area contributed by atoms with Crippen molar-refractivity contribution in [1.29, 1.82) is 5.26 Å². The zero-order valence-corrected chi connectivity index (χ0v) is 11.9.